The summed E-state index contributed by atoms with van der Waals surface area (Å²) in [6, 6.07) is 14.0. The number of esters is 1. The summed E-state index contributed by atoms with van der Waals surface area (Å²) in [4.78, 5) is 27.3. The average molecular weight is 509 g/mol. The number of piperidine rings is 1. The molecule has 3 aromatic rings. The lowest BCUT2D eigenvalue weighted by atomic mass is 9.80. The van der Waals surface area contributed by atoms with E-state index in [-0.39, 0.29) is 18.4 Å². The van der Waals surface area contributed by atoms with Gasteiger partial charge in [0.2, 0.25) is 0 Å². The number of likely N-dealkylation sites (tertiary alicyclic amines) is 1. The maximum absolute atomic E-state index is 12.9. The van der Waals surface area contributed by atoms with E-state index in [1.807, 2.05) is 51.1 Å². The van der Waals surface area contributed by atoms with Crippen LogP contribution in [0.2, 0.25) is 0 Å². The van der Waals surface area contributed by atoms with Crippen LogP contribution in [0.1, 0.15) is 44.2 Å². The summed E-state index contributed by atoms with van der Waals surface area (Å²) in [6.45, 7) is 6.86. The van der Waals surface area contributed by atoms with Crippen molar-refractivity contribution in [2.24, 2.45) is 5.92 Å². The number of hydrogen-bond donors (Lipinski definition) is 0. The molecule has 4 rings (SSSR count). The van der Waals surface area contributed by atoms with Crippen molar-refractivity contribution in [1.82, 2.24) is 9.47 Å². The van der Waals surface area contributed by atoms with E-state index >= 15 is 0 Å². The molecule has 1 aliphatic rings. The minimum atomic E-state index is -0.606. The molecule has 0 spiro atoms. The van der Waals surface area contributed by atoms with Crippen LogP contribution in [0.4, 0.5) is 4.79 Å². The van der Waals surface area contributed by atoms with Crippen LogP contribution in [0.3, 0.4) is 0 Å². The van der Waals surface area contributed by atoms with Gasteiger partial charge in [-0.3, -0.25) is 4.79 Å². The van der Waals surface area contributed by atoms with E-state index in [1.165, 1.54) is 7.11 Å². The third-order valence-electron chi connectivity index (χ3n) is 6.75. The number of para-hydroxylation sites is 1. The Labute approximate surface area is 218 Å². The zero-order valence-electron chi connectivity index (χ0n) is 22.4. The second kappa shape index (κ2) is 10.7. The highest BCUT2D eigenvalue weighted by atomic mass is 16.6. The topological polar surface area (TPSA) is 79.2 Å². The Morgan fingerprint density at radius 1 is 1.00 bits per heavy atom. The van der Waals surface area contributed by atoms with E-state index < -0.39 is 17.6 Å². The molecular formula is C29H36N2O6. The fraction of sp³-hybridized carbons (Fsp3) is 0.448. The first kappa shape index (κ1) is 26.4. The number of fused-ring (bicyclic) bond motifs is 1. The summed E-state index contributed by atoms with van der Waals surface area (Å²) in [7, 11) is 4.67. The quantitative estimate of drug-likeness (QED) is 0.425. The molecule has 8 heteroatoms. The van der Waals surface area contributed by atoms with Crippen LogP contribution >= 0.6 is 0 Å². The molecule has 1 amide bonds. The van der Waals surface area contributed by atoms with Crippen molar-refractivity contribution in [1.29, 1.82) is 0 Å². The van der Waals surface area contributed by atoms with Crippen LogP contribution in [-0.2, 0) is 20.8 Å². The van der Waals surface area contributed by atoms with Gasteiger partial charge in [0.05, 0.1) is 27.2 Å². The number of aromatic nitrogens is 1. The Kier molecular flexibility index (Phi) is 7.66. The van der Waals surface area contributed by atoms with Gasteiger partial charge >= 0.3 is 12.1 Å². The first-order valence-electron chi connectivity index (χ1n) is 12.5. The van der Waals surface area contributed by atoms with Gasteiger partial charge in [-0.05, 0) is 56.5 Å². The second-order valence-corrected chi connectivity index (χ2v) is 10.4. The number of hydrogen-bond acceptors (Lipinski definition) is 6. The maximum atomic E-state index is 12.9. The van der Waals surface area contributed by atoms with Gasteiger partial charge in [0.1, 0.15) is 17.1 Å². The van der Waals surface area contributed by atoms with Gasteiger partial charge in [0.25, 0.3) is 0 Å². The van der Waals surface area contributed by atoms with Gasteiger partial charge in [-0.2, -0.15) is 0 Å². The van der Waals surface area contributed by atoms with Crippen molar-refractivity contribution >= 4 is 23.0 Å². The zero-order chi connectivity index (χ0) is 26.7. The summed E-state index contributed by atoms with van der Waals surface area (Å²) >= 11 is 0. The van der Waals surface area contributed by atoms with Crippen LogP contribution in [0.25, 0.3) is 10.9 Å². The summed E-state index contributed by atoms with van der Waals surface area (Å²) in [5.41, 5.74) is 2.57. The number of amides is 1. The van der Waals surface area contributed by atoms with Crippen molar-refractivity contribution < 1.29 is 28.5 Å². The maximum Gasteiger partial charge on any atom is 0.410 e. The van der Waals surface area contributed by atoms with Gasteiger partial charge in [-0.1, -0.05) is 18.2 Å². The van der Waals surface area contributed by atoms with E-state index in [9.17, 15) is 9.59 Å². The highest BCUT2D eigenvalue weighted by Crippen LogP contribution is 2.39. The molecule has 2 heterocycles. The van der Waals surface area contributed by atoms with Crippen molar-refractivity contribution in [3.05, 3.63) is 59.8 Å². The number of benzene rings is 2. The molecule has 0 N–H and O–H groups in total. The van der Waals surface area contributed by atoms with E-state index in [4.69, 9.17) is 18.9 Å². The van der Waals surface area contributed by atoms with Crippen LogP contribution < -0.4 is 9.47 Å². The van der Waals surface area contributed by atoms with E-state index in [0.29, 0.717) is 19.5 Å². The zero-order valence-corrected chi connectivity index (χ0v) is 22.4. The second-order valence-electron chi connectivity index (χ2n) is 10.4. The third kappa shape index (κ3) is 5.84. The molecule has 1 saturated heterocycles. The monoisotopic (exact) mass is 508 g/mol. The predicted molar refractivity (Wildman–Crippen MR) is 141 cm³/mol. The molecule has 0 saturated carbocycles. The predicted octanol–water partition coefficient (Wildman–Crippen LogP) is 5.22. The summed E-state index contributed by atoms with van der Waals surface area (Å²) < 4.78 is 23.8. The van der Waals surface area contributed by atoms with Crippen molar-refractivity contribution in [3.8, 4) is 11.5 Å². The van der Waals surface area contributed by atoms with Gasteiger partial charge in [0.15, 0.2) is 0 Å². The van der Waals surface area contributed by atoms with E-state index in [1.54, 1.807) is 19.1 Å². The standard InChI is InChI=1S/C29H36N2O6/c1-29(2,3)37-28(33)30-12-11-22(25(18-30)27(32)36-6)24-17-31(26-10-8-7-9-23(24)26)16-19-13-20(34-4)15-21(14-19)35-5/h7-10,13-15,17,22,25H,11-12,16,18H2,1-6H3/t22-,25?/m1/s1. The number of carbonyl (C=O) groups excluding carboxylic acids is 2. The lowest BCUT2D eigenvalue weighted by Gasteiger charge is -2.37. The SMILES string of the molecule is COC(=O)C1CN(C(=O)OC(C)(C)C)CC[C@@H]1c1cn(Cc2cc(OC)cc(OC)c2)c2ccccc12. The first-order valence-corrected chi connectivity index (χ1v) is 12.5. The third-order valence-corrected chi connectivity index (χ3v) is 6.75. The van der Waals surface area contributed by atoms with Crippen molar-refractivity contribution in [2.45, 2.75) is 45.3 Å². The fourth-order valence-corrected chi connectivity index (χ4v) is 5.06. The Morgan fingerprint density at radius 2 is 1.68 bits per heavy atom. The van der Waals surface area contributed by atoms with Gasteiger partial charge < -0.3 is 28.4 Å². The lowest BCUT2D eigenvalue weighted by Crippen LogP contribution is -2.47. The van der Waals surface area contributed by atoms with Crippen molar-refractivity contribution in [3.63, 3.8) is 0 Å². The highest BCUT2D eigenvalue weighted by Gasteiger charge is 2.40. The Hall–Kier alpha value is -3.68. The summed E-state index contributed by atoms with van der Waals surface area (Å²) in [5.74, 6) is 0.532. The molecule has 198 valence electrons. The largest absolute Gasteiger partial charge is 0.497 e. The summed E-state index contributed by atoms with van der Waals surface area (Å²) in [6.07, 6.45) is 2.34. The lowest BCUT2D eigenvalue weighted by molar-refractivity contribution is -0.148. The normalized spacial score (nSPS) is 17.9. The Morgan fingerprint density at radius 3 is 2.30 bits per heavy atom. The van der Waals surface area contributed by atoms with Crippen LogP contribution in [0.5, 0.6) is 11.5 Å². The highest BCUT2D eigenvalue weighted by molar-refractivity contribution is 5.86. The number of methoxy groups -OCH3 is 3. The molecule has 1 aliphatic heterocycles. The van der Waals surface area contributed by atoms with Gasteiger partial charge in [0, 0.05) is 48.7 Å². The number of nitrogens with zero attached hydrogens (tertiary/aromatic N) is 2. The Bertz CT molecular complexity index is 1250. The molecule has 8 nitrogen and oxygen atoms in total. The van der Waals surface area contributed by atoms with Crippen molar-refractivity contribution in [2.75, 3.05) is 34.4 Å². The van der Waals surface area contributed by atoms with E-state index in [0.717, 1.165) is 33.5 Å². The summed E-state index contributed by atoms with van der Waals surface area (Å²) in [5, 5.41) is 1.09. The molecule has 37 heavy (non-hydrogen) atoms. The molecule has 1 aromatic heterocycles. The average Bonchev–Trinajstić information content (AvgIpc) is 3.24. The van der Waals surface area contributed by atoms with Crippen LogP contribution in [0, 0.1) is 5.92 Å². The van der Waals surface area contributed by atoms with Gasteiger partial charge in [-0.25, -0.2) is 4.79 Å². The first-order chi connectivity index (χ1) is 17.6. The minimum absolute atomic E-state index is 0.0999. The smallest absolute Gasteiger partial charge is 0.410 e. The fourth-order valence-electron chi connectivity index (χ4n) is 5.06. The molecule has 1 fully saturated rings. The molecule has 0 radical (unpaired) electrons. The number of carbonyl (C=O) groups is 2. The van der Waals surface area contributed by atoms with Crippen LogP contribution in [0.15, 0.2) is 48.7 Å². The van der Waals surface area contributed by atoms with Crippen LogP contribution in [-0.4, -0.2) is 61.5 Å². The minimum Gasteiger partial charge on any atom is -0.497 e. The molecule has 2 aromatic carbocycles. The van der Waals surface area contributed by atoms with Gasteiger partial charge in [-0.15, -0.1) is 0 Å². The molecule has 0 aliphatic carbocycles. The molecule has 0 bridgehead atoms. The number of rotatable bonds is 6. The van der Waals surface area contributed by atoms with E-state index in [2.05, 4.69) is 22.9 Å². The molecule has 1 unspecified atom stereocenters. The molecular weight excluding hydrogens is 472 g/mol. The molecule has 2 atom stereocenters. The number of ether oxygens (including phenoxy) is 4. The Balaban J connectivity index is 1.68.